The summed E-state index contributed by atoms with van der Waals surface area (Å²) in [5.41, 5.74) is 9.58. The van der Waals surface area contributed by atoms with E-state index in [-0.39, 0.29) is 0 Å². The van der Waals surface area contributed by atoms with Gasteiger partial charge in [0.05, 0.1) is 5.56 Å². The second-order valence-electron chi connectivity index (χ2n) is 12.2. The van der Waals surface area contributed by atoms with Crippen molar-refractivity contribution in [1.82, 2.24) is 9.97 Å². The highest BCUT2D eigenvalue weighted by Crippen LogP contribution is 2.50. The number of benzene rings is 6. The maximum absolute atomic E-state index is 6.88. The third-order valence-corrected chi connectivity index (χ3v) is 12.7. The molecule has 0 saturated carbocycles. The summed E-state index contributed by atoms with van der Waals surface area (Å²) in [4.78, 5) is 12.8. The van der Waals surface area contributed by atoms with Gasteiger partial charge in [-0.05, 0) is 52.3 Å². The molecule has 0 radical (unpaired) electrons. The average molecular weight is 612 g/mol. The van der Waals surface area contributed by atoms with Crippen molar-refractivity contribution >= 4 is 57.7 Å². The van der Waals surface area contributed by atoms with Crippen LogP contribution in [0.1, 0.15) is 0 Å². The first-order chi connectivity index (χ1) is 22.6. The molecule has 1 aliphatic rings. The molecular weight excluding hydrogens is 583 g/mol. The Morgan fingerprint density at radius 1 is 0.478 bits per heavy atom. The third-order valence-electron chi connectivity index (χ3n) is 9.12. The molecule has 0 unspecified atom stereocenters. The van der Waals surface area contributed by atoms with Crippen molar-refractivity contribution in [2.45, 2.75) is 13.1 Å². The van der Waals surface area contributed by atoms with Crippen molar-refractivity contribution < 1.29 is 8.83 Å². The topological polar surface area (TPSA) is 55.3 Å². The number of para-hydroxylation sites is 2. The van der Waals surface area contributed by atoms with Crippen molar-refractivity contribution in [3.05, 3.63) is 140 Å². The molecule has 5 nitrogen and oxygen atoms in total. The van der Waals surface area contributed by atoms with E-state index in [4.69, 9.17) is 18.8 Å². The lowest BCUT2D eigenvalue weighted by Crippen LogP contribution is -2.58. The summed E-state index contributed by atoms with van der Waals surface area (Å²) in [6, 6.07) is 48.0. The second-order valence-corrected chi connectivity index (χ2v) is 16.5. The Balaban J connectivity index is 1.47. The smallest absolute Gasteiger partial charge is 0.227 e. The quantitative estimate of drug-likeness (QED) is 0.186. The van der Waals surface area contributed by atoms with Crippen LogP contribution in [0.5, 0.6) is 0 Å². The first kappa shape index (κ1) is 26.7. The predicted molar refractivity (Wildman–Crippen MR) is 189 cm³/mol. The van der Waals surface area contributed by atoms with Gasteiger partial charge in [-0.15, -0.1) is 0 Å². The molecule has 6 aromatic carbocycles. The Bertz CT molecular complexity index is 2250. The summed E-state index contributed by atoms with van der Waals surface area (Å²) < 4.78 is 13.7. The molecule has 6 heteroatoms. The van der Waals surface area contributed by atoms with Crippen LogP contribution < -0.4 is 15.3 Å². The predicted octanol–water partition coefficient (Wildman–Crippen LogP) is 9.58. The molecule has 2 aromatic heterocycles. The minimum Gasteiger partial charge on any atom is -0.435 e. The summed E-state index contributed by atoms with van der Waals surface area (Å²) in [6.07, 6.45) is 0. The van der Waals surface area contributed by atoms with E-state index in [1.165, 1.54) is 10.4 Å². The van der Waals surface area contributed by atoms with Gasteiger partial charge >= 0.3 is 0 Å². The largest absolute Gasteiger partial charge is 0.435 e. The van der Waals surface area contributed by atoms with Gasteiger partial charge < -0.3 is 13.7 Å². The fourth-order valence-electron chi connectivity index (χ4n) is 6.91. The second kappa shape index (κ2) is 10.2. The van der Waals surface area contributed by atoms with Crippen molar-refractivity contribution in [2.24, 2.45) is 0 Å². The molecule has 220 valence electrons. The summed E-state index contributed by atoms with van der Waals surface area (Å²) in [6.45, 7) is 4.86. The summed E-state index contributed by atoms with van der Waals surface area (Å²) in [7, 11) is -2.03. The van der Waals surface area contributed by atoms with Gasteiger partial charge in [0.25, 0.3) is 0 Å². The molecular formula is C40H29N3O2Si. The fourth-order valence-corrected chi connectivity index (χ4v) is 9.90. The van der Waals surface area contributed by atoms with Gasteiger partial charge in [-0.1, -0.05) is 116 Å². The van der Waals surface area contributed by atoms with Gasteiger partial charge in [0.1, 0.15) is 24.8 Å². The van der Waals surface area contributed by atoms with Crippen LogP contribution in [0.25, 0.3) is 56.2 Å². The van der Waals surface area contributed by atoms with Crippen LogP contribution in [0.15, 0.2) is 148 Å². The molecule has 0 amide bonds. The zero-order valence-electron chi connectivity index (χ0n) is 25.4. The lowest BCUT2D eigenvalue weighted by Gasteiger charge is -2.40. The summed E-state index contributed by atoms with van der Waals surface area (Å²) >= 11 is 0. The number of hydrogen-bond donors (Lipinski definition) is 0. The Labute approximate surface area is 267 Å². The molecule has 8 aromatic rings. The standard InChI is InChI=1S/C40H29N3O2Si/c1-46(2)31-24-14-12-22-29(31)43(30-23-13-15-25-32(30)46)36-35-37(44-40(42-35)28-20-10-5-11-21-28)33(26-16-6-3-7-17-26)34-38(36)45-39(41-34)27-18-8-4-9-19-27/h3-25H,1-2H3. The number of hydrogen-bond acceptors (Lipinski definition) is 5. The van der Waals surface area contributed by atoms with E-state index in [2.05, 4.69) is 78.7 Å². The number of rotatable bonds is 4. The van der Waals surface area contributed by atoms with Crippen LogP contribution in [-0.4, -0.2) is 18.0 Å². The van der Waals surface area contributed by atoms with E-state index in [9.17, 15) is 0 Å². The van der Waals surface area contributed by atoms with Gasteiger partial charge in [0.2, 0.25) is 11.8 Å². The van der Waals surface area contributed by atoms with Gasteiger partial charge in [-0.2, -0.15) is 0 Å². The lowest BCUT2D eigenvalue weighted by molar-refractivity contribution is 0.618. The summed E-state index contributed by atoms with van der Waals surface area (Å²) in [5.74, 6) is 1.11. The van der Waals surface area contributed by atoms with Crippen molar-refractivity contribution in [3.63, 3.8) is 0 Å². The van der Waals surface area contributed by atoms with E-state index in [0.29, 0.717) is 22.9 Å². The van der Waals surface area contributed by atoms with Crippen molar-refractivity contribution in [3.8, 4) is 34.0 Å². The Kier molecular flexibility index (Phi) is 5.89. The van der Waals surface area contributed by atoms with Crippen LogP contribution in [-0.2, 0) is 0 Å². The van der Waals surface area contributed by atoms with Crippen LogP contribution in [0.3, 0.4) is 0 Å². The molecule has 0 bridgehead atoms. The van der Waals surface area contributed by atoms with E-state index >= 15 is 0 Å². The minimum atomic E-state index is -2.03. The molecule has 0 spiro atoms. The summed E-state index contributed by atoms with van der Waals surface area (Å²) in [5, 5.41) is 2.72. The van der Waals surface area contributed by atoms with Gasteiger partial charge in [0, 0.05) is 22.5 Å². The molecule has 0 saturated heterocycles. The molecule has 3 heterocycles. The van der Waals surface area contributed by atoms with E-state index < -0.39 is 8.07 Å². The van der Waals surface area contributed by atoms with Crippen LogP contribution >= 0.6 is 0 Å². The molecule has 0 fully saturated rings. The zero-order chi connectivity index (χ0) is 30.8. The number of nitrogens with zero attached hydrogens (tertiary/aromatic N) is 3. The molecule has 0 aliphatic carbocycles. The average Bonchev–Trinajstić information content (AvgIpc) is 3.75. The van der Waals surface area contributed by atoms with Gasteiger partial charge in [-0.25, -0.2) is 9.97 Å². The Morgan fingerprint density at radius 3 is 1.46 bits per heavy atom. The normalized spacial score (nSPS) is 13.6. The number of aromatic nitrogens is 2. The molecule has 9 rings (SSSR count). The highest BCUT2D eigenvalue weighted by atomic mass is 28.3. The van der Waals surface area contributed by atoms with Crippen LogP contribution in [0, 0.1) is 0 Å². The van der Waals surface area contributed by atoms with Crippen molar-refractivity contribution in [2.75, 3.05) is 4.90 Å². The maximum atomic E-state index is 6.88. The monoisotopic (exact) mass is 611 g/mol. The zero-order valence-corrected chi connectivity index (χ0v) is 26.4. The molecule has 46 heavy (non-hydrogen) atoms. The fraction of sp³-hybridized carbons (Fsp3) is 0.0500. The van der Waals surface area contributed by atoms with E-state index in [1.54, 1.807) is 0 Å². The molecule has 0 atom stereocenters. The molecule has 1 aliphatic heterocycles. The van der Waals surface area contributed by atoms with Gasteiger partial charge in [0.15, 0.2) is 11.2 Å². The number of anilines is 3. The van der Waals surface area contributed by atoms with Gasteiger partial charge in [-0.3, -0.25) is 0 Å². The molecule has 0 N–H and O–H groups in total. The first-order valence-electron chi connectivity index (χ1n) is 15.5. The minimum absolute atomic E-state index is 0.554. The maximum Gasteiger partial charge on any atom is 0.227 e. The Hall–Kier alpha value is -5.72. The lowest BCUT2D eigenvalue weighted by atomic mass is 10.0. The van der Waals surface area contributed by atoms with Crippen molar-refractivity contribution in [1.29, 1.82) is 0 Å². The highest BCUT2D eigenvalue weighted by Gasteiger charge is 2.40. The van der Waals surface area contributed by atoms with Crippen LogP contribution in [0.2, 0.25) is 13.1 Å². The first-order valence-corrected chi connectivity index (χ1v) is 18.5. The highest BCUT2D eigenvalue weighted by molar-refractivity contribution is 7.02. The number of oxazole rings is 2. The van der Waals surface area contributed by atoms with E-state index in [0.717, 1.165) is 50.3 Å². The van der Waals surface area contributed by atoms with E-state index in [1.807, 2.05) is 78.9 Å². The third kappa shape index (κ3) is 3.93. The van der Waals surface area contributed by atoms with Crippen LogP contribution in [0.4, 0.5) is 17.1 Å². The Morgan fingerprint density at radius 2 is 0.913 bits per heavy atom. The number of fused-ring (bicyclic) bond motifs is 4. The SMILES string of the molecule is C[Si]1(C)c2ccccc2N(c2c3nc(-c4ccccc4)oc3c(-c3ccccc3)c3nc(-c4ccccc4)oc23)c2ccccc21.